The van der Waals surface area contributed by atoms with E-state index in [1.165, 1.54) is 0 Å². The molecule has 1 atom stereocenters. The van der Waals surface area contributed by atoms with Crippen LogP contribution in [0.1, 0.15) is 23.2 Å². The molecule has 0 spiro atoms. The van der Waals surface area contributed by atoms with Gasteiger partial charge in [0.05, 0.1) is 5.92 Å². The Morgan fingerprint density at radius 3 is 2.39 bits per heavy atom. The highest BCUT2D eigenvalue weighted by atomic mass is 35.5. The summed E-state index contributed by atoms with van der Waals surface area (Å²) in [7, 11) is 0. The number of halogens is 1. The van der Waals surface area contributed by atoms with Crippen LogP contribution >= 0.6 is 11.6 Å². The van der Waals surface area contributed by atoms with Gasteiger partial charge in [-0.25, -0.2) is 4.79 Å². The Kier molecular flexibility index (Phi) is 6.16. The van der Waals surface area contributed by atoms with Crippen molar-refractivity contribution in [2.75, 3.05) is 23.7 Å². The summed E-state index contributed by atoms with van der Waals surface area (Å²) in [5.41, 5.74) is 6.71. The molecular formula is C20H21ClN4O3. The van der Waals surface area contributed by atoms with Crippen LogP contribution in [0, 0.1) is 5.92 Å². The highest BCUT2D eigenvalue weighted by molar-refractivity contribution is 6.30. The average Bonchev–Trinajstić information content (AvgIpc) is 2.68. The SMILES string of the molecule is NC(=O)Nc1cccc(NC(=O)C2CCCN(C(=O)c3ccc(Cl)cc3)C2)c1. The van der Waals surface area contributed by atoms with Gasteiger partial charge in [-0.2, -0.15) is 0 Å². The van der Waals surface area contributed by atoms with Gasteiger partial charge in [-0.3, -0.25) is 9.59 Å². The zero-order valence-corrected chi connectivity index (χ0v) is 15.9. The first-order valence-electron chi connectivity index (χ1n) is 8.94. The van der Waals surface area contributed by atoms with E-state index in [1.807, 2.05) is 0 Å². The highest BCUT2D eigenvalue weighted by Gasteiger charge is 2.29. The van der Waals surface area contributed by atoms with E-state index < -0.39 is 6.03 Å². The summed E-state index contributed by atoms with van der Waals surface area (Å²) in [6.45, 7) is 0.968. The first-order valence-corrected chi connectivity index (χ1v) is 9.32. The van der Waals surface area contributed by atoms with Crippen molar-refractivity contribution >= 4 is 40.8 Å². The number of piperidine rings is 1. The van der Waals surface area contributed by atoms with Crippen molar-refractivity contribution in [3.63, 3.8) is 0 Å². The van der Waals surface area contributed by atoms with Gasteiger partial charge in [-0.05, 0) is 55.3 Å². The van der Waals surface area contributed by atoms with Crippen LogP contribution in [0.2, 0.25) is 5.02 Å². The highest BCUT2D eigenvalue weighted by Crippen LogP contribution is 2.22. The standard InChI is InChI=1S/C20H21ClN4O3/c21-15-8-6-13(7-9-15)19(27)25-10-2-3-14(12-25)18(26)23-16-4-1-5-17(11-16)24-20(22)28/h1,4-9,11,14H,2-3,10,12H2,(H,23,26)(H3,22,24,28). The summed E-state index contributed by atoms with van der Waals surface area (Å²) >= 11 is 5.87. The monoisotopic (exact) mass is 400 g/mol. The molecule has 0 aliphatic carbocycles. The Labute approximate surface area is 167 Å². The number of carbonyl (C=O) groups excluding carboxylic acids is 3. The molecule has 1 fully saturated rings. The lowest BCUT2D eigenvalue weighted by Gasteiger charge is -2.32. The van der Waals surface area contributed by atoms with E-state index in [2.05, 4.69) is 10.6 Å². The molecule has 146 valence electrons. The Morgan fingerprint density at radius 2 is 1.71 bits per heavy atom. The maximum Gasteiger partial charge on any atom is 0.316 e. The normalized spacial score (nSPS) is 16.3. The smallest absolute Gasteiger partial charge is 0.316 e. The summed E-state index contributed by atoms with van der Waals surface area (Å²) in [4.78, 5) is 38.0. The van der Waals surface area contributed by atoms with E-state index in [1.54, 1.807) is 53.4 Å². The van der Waals surface area contributed by atoms with Crippen LogP contribution in [0.25, 0.3) is 0 Å². The zero-order chi connectivity index (χ0) is 20.1. The number of hydrogen-bond donors (Lipinski definition) is 3. The number of amides is 4. The molecular weight excluding hydrogens is 380 g/mol. The number of hydrogen-bond acceptors (Lipinski definition) is 3. The third kappa shape index (κ3) is 5.01. The minimum Gasteiger partial charge on any atom is -0.351 e. The molecule has 0 aromatic heterocycles. The number of nitrogens with two attached hydrogens (primary N) is 1. The number of carbonyl (C=O) groups is 3. The molecule has 28 heavy (non-hydrogen) atoms. The van der Waals surface area contributed by atoms with Gasteiger partial charge < -0.3 is 21.3 Å². The van der Waals surface area contributed by atoms with Crippen molar-refractivity contribution in [2.45, 2.75) is 12.8 Å². The molecule has 1 saturated heterocycles. The number of nitrogens with one attached hydrogen (secondary N) is 2. The fraction of sp³-hybridized carbons (Fsp3) is 0.250. The number of benzene rings is 2. The van der Waals surface area contributed by atoms with Crippen LogP contribution < -0.4 is 16.4 Å². The summed E-state index contributed by atoms with van der Waals surface area (Å²) in [6.07, 6.45) is 1.45. The van der Waals surface area contributed by atoms with Gasteiger partial charge in [-0.15, -0.1) is 0 Å². The number of primary amides is 1. The summed E-state index contributed by atoms with van der Waals surface area (Å²) in [5.74, 6) is -0.579. The van der Waals surface area contributed by atoms with E-state index in [4.69, 9.17) is 17.3 Å². The lowest BCUT2D eigenvalue weighted by atomic mass is 9.96. The maximum atomic E-state index is 12.7. The minimum absolute atomic E-state index is 0.109. The van der Waals surface area contributed by atoms with Crippen molar-refractivity contribution in [2.24, 2.45) is 11.7 Å². The molecule has 2 aromatic rings. The fourth-order valence-electron chi connectivity index (χ4n) is 3.21. The van der Waals surface area contributed by atoms with Gasteiger partial charge in [0.2, 0.25) is 5.91 Å². The largest absolute Gasteiger partial charge is 0.351 e. The van der Waals surface area contributed by atoms with Crippen LogP contribution in [0.15, 0.2) is 48.5 Å². The van der Waals surface area contributed by atoms with Crippen LogP contribution in [0.3, 0.4) is 0 Å². The van der Waals surface area contributed by atoms with E-state index in [-0.39, 0.29) is 17.7 Å². The van der Waals surface area contributed by atoms with Crippen molar-refractivity contribution < 1.29 is 14.4 Å². The molecule has 0 bridgehead atoms. The molecule has 3 rings (SSSR count). The van der Waals surface area contributed by atoms with Crippen molar-refractivity contribution in [3.8, 4) is 0 Å². The zero-order valence-electron chi connectivity index (χ0n) is 15.2. The molecule has 4 N–H and O–H groups in total. The van der Waals surface area contributed by atoms with Gasteiger partial charge in [0.15, 0.2) is 0 Å². The number of urea groups is 1. The number of likely N-dealkylation sites (tertiary alicyclic amines) is 1. The summed E-state index contributed by atoms with van der Waals surface area (Å²) < 4.78 is 0. The minimum atomic E-state index is -0.674. The van der Waals surface area contributed by atoms with E-state index in [9.17, 15) is 14.4 Å². The van der Waals surface area contributed by atoms with E-state index in [0.717, 1.165) is 6.42 Å². The first-order chi connectivity index (χ1) is 13.4. The Bertz CT molecular complexity index is 885. The van der Waals surface area contributed by atoms with Crippen LogP contribution in [0.5, 0.6) is 0 Å². The molecule has 2 aromatic carbocycles. The van der Waals surface area contributed by atoms with Gasteiger partial charge in [0.1, 0.15) is 0 Å². The third-order valence-electron chi connectivity index (χ3n) is 4.57. The van der Waals surface area contributed by atoms with Crippen LogP contribution in [-0.4, -0.2) is 35.8 Å². The molecule has 0 radical (unpaired) electrons. The van der Waals surface area contributed by atoms with Crippen LogP contribution in [0.4, 0.5) is 16.2 Å². The predicted molar refractivity (Wildman–Crippen MR) is 108 cm³/mol. The first kappa shape index (κ1) is 19.7. The number of nitrogens with zero attached hydrogens (tertiary/aromatic N) is 1. The maximum absolute atomic E-state index is 12.7. The van der Waals surface area contributed by atoms with Gasteiger partial charge in [0.25, 0.3) is 5.91 Å². The Morgan fingerprint density at radius 1 is 1.04 bits per heavy atom. The number of rotatable bonds is 4. The van der Waals surface area contributed by atoms with Crippen LogP contribution in [-0.2, 0) is 4.79 Å². The summed E-state index contributed by atoms with van der Waals surface area (Å²) in [5, 5.41) is 5.88. The molecule has 0 saturated carbocycles. The molecule has 1 heterocycles. The van der Waals surface area contributed by atoms with Gasteiger partial charge in [0, 0.05) is 35.1 Å². The molecule has 1 unspecified atom stereocenters. The topological polar surface area (TPSA) is 105 Å². The molecule has 4 amide bonds. The molecule has 7 nitrogen and oxygen atoms in total. The van der Waals surface area contributed by atoms with Crippen molar-refractivity contribution in [3.05, 3.63) is 59.1 Å². The fourth-order valence-corrected chi connectivity index (χ4v) is 3.34. The second-order valence-electron chi connectivity index (χ2n) is 6.66. The van der Waals surface area contributed by atoms with Crippen molar-refractivity contribution in [1.29, 1.82) is 0 Å². The quantitative estimate of drug-likeness (QED) is 0.733. The number of anilines is 2. The van der Waals surface area contributed by atoms with E-state index in [0.29, 0.717) is 41.5 Å². The molecule has 1 aliphatic rings. The molecule has 1 aliphatic heterocycles. The Balaban J connectivity index is 1.63. The van der Waals surface area contributed by atoms with Gasteiger partial charge in [-0.1, -0.05) is 17.7 Å². The Hall–Kier alpha value is -3.06. The third-order valence-corrected chi connectivity index (χ3v) is 4.82. The predicted octanol–water partition coefficient (Wildman–Crippen LogP) is 3.32. The lowest BCUT2D eigenvalue weighted by Crippen LogP contribution is -2.43. The van der Waals surface area contributed by atoms with E-state index >= 15 is 0 Å². The van der Waals surface area contributed by atoms with Gasteiger partial charge >= 0.3 is 6.03 Å². The summed E-state index contributed by atoms with van der Waals surface area (Å²) in [6, 6.07) is 12.8. The second-order valence-corrected chi connectivity index (χ2v) is 7.09. The lowest BCUT2D eigenvalue weighted by molar-refractivity contribution is -0.121. The second kappa shape index (κ2) is 8.75. The van der Waals surface area contributed by atoms with Crippen molar-refractivity contribution in [1.82, 2.24) is 4.90 Å². The average molecular weight is 401 g/mol. The molecule has 8 heteroatoms.